The van der Waals surface area contributed by atoms with E-state index in [1.165, 1.54) is 0 Å². The van der Waals surface area contributed by atoms with E-state index in [0.29, 0.717) is 13.2 Å². The molecule has 0 unspecified atom stereocenters. The van der Waals surface area contributed by atoms with Gasteiger partial charge in [-0.15, -0.1) is 0 Å². The fourth-order valence-corrected chi connectivity index (χ4v) is 3.67. The first-order chi connectivity index (χ1) is 12.8. The van der Waals surface area contributed by atoms with Gasteiger partial charge in [-0.1, -0.05) is 80.4 Å². The molecular weight excluding hydrogens is 325 g/mol. The quantitative estimate of drug-likeness (QED) is 0.697. The Bertz CT molecular complexity index is 607. The van der Waals surface area contributed by atoms with Gasteiger partial charge in [0.25, 0.3) is 0 Å². The highest BCUT2D eigenvalue weighted by Crippen LogP contribution is 2.40. The van der Waals surface area contributed by atoms with Gasteiger partial charge in [-0.25, -0.2) is 0 Å². The predicted octanol–water partition coefficient (Wildman–Crippen LogP) is 3.76. The molecule has 1 atom stereocenters. The second-order valence-electron chi connectivity index (χ2n) is 6.60. The first-order valence-electron chi connectivity index (χ1n) is 9.50. The van der Waals surface area contributed by atoms with Crippen LogP contribution in [-0.4, -0.2) is 33.6 Å². The molecule has 1 aliphatic heterocycles. The van der Waals surface area contributed by atoms with Gasteiger partial charge in [0.1, 0.15) is 5.60 Å². The van der Waals surface area contributed by atoms with Crippen molar-refractivity contribution in [2.45, 2.75) is 37.8 Å². The molecule has 26 heavy (non-hydrogen) atoms. The molecule has 0 aromatic heterocycles. The van der Waals surface area contributed by atoms with Crippen LogP contribution in [0.4, 0.5) is 0 Å². The van der Waals surface area contributed by atoms with E-state index >= 15 is 0 Å². The molecule has 1 N–H and O–H groups in total. The van der Waals surface area contributed by atoms with Gasteiger partial charge in [0, 0.05) is 6.04 Å². The minimum atomic E-state index is -0.693. The highest BCUT2D eigenvalue weighted by atomic mass is 16.8. The van der Waals surface area contributed by atoms with Crippen molar-refractivity contribution in [1.82, 2.24) is 5.32 Å². The minimum absolute atomic E-state index is 0.0834. The van der Waals surface area contributed by atoms with Crippen LogP contribution >= 0.6 is 0 Å². The Labute approximate surface area is 157 Å². The van der Waals surface area contributed by atoms with Crippen LogP contribution in [0.5, 0.6) is 0 Å². The third kappa shape index (κ3) is 4.02. The van der Waals surface area contributed by atoms with Crippen molar-refractivity contribution in [3.8, 4) is 0 Å². The summed E-state index contributed by atoms with van der Waals surface area (Å²) in [7, 11) is 1.34. The van der Waals surface area contributed by atoms with Gasteiger partial charge >= 0.3 is 7.32 Å². The summed E-state index contributed by atoms with van der Waals surface area (Å²) in [5, 5.41) is 3.51. The number of rotatable bonds is 9. The van der Waals surface area contributed by atoms with E-state index in [1.807, 2.05) is 19.2 Å². The van der Waals surface area contributed by atoms with E-state index in [4.69, 9.17) is 14.0 Å². The zero-order valence-corrected chi connectivity index (χ0v) is 15.7. The Kier molecular flexibility index (Phi) is 6.86. The van der Waals surface area contributed by atoms with Gasteiger partial charge in [0.15, 0.2) is 0 Å². The van der Waals surface area contributed by atoms with Crippen molar-refractivity contribution < 1.29 is 14.0 Å². The second-order valence-corrected chi connectivity index (χ2v) is 6.60. The average molecular weight is 353 g/mol. The summed E-state index contributed by atoms with van der Waals surface area (Å²) >= 11 is 0. The van der Waals surface area contributed by atoms with E-state index in [2.05, 4.69) is 60.8 Å². The topological polar surface area (TPSA) is 39.7 Å². The Morgan fingerprint density at radius 2 is 1.54 bits per heavy atom. The lowest BCUT2D eigenvalue weighted by atomic mass is 9.77. The Morgan fingerprint density at radius 3 is 2.00 bits per heavy atom. The lowest BCUT2D eigenvalue weighted by Crippen LogP contribution is -2.53. The third-order valence-corrected chi connectivity index (χ3v) is 4.96. The predicted molar refractivity (Wildman–Crippen MR) is 105 cm³/mol. The molecule has 0 saturated carbocycles. The van der Waals surface area contributed by atoms with E-state index in [9.17, 15) is 0 Å². The monoisotopic (exact) mass is 353 g/mol. The lowest BCUT2D eigenvalue weighted by molar-refractivity contribution is 0.0145. The summed E-state index contributed by atoms with van der Waals surface area (Å²) in [5.41, 5.74) is 1.50. The van der Waals surface area contributed by atoms with E-state index in [1.54, 1.807) is 0 Å². The maximum absolute atomic E-state index is 6.61. The number of benzene rings is 2. The van der Waals surface area contributed by atoms with Crippen molar-refractivity contribution in [1.29, 1.82) is 0 Å². The molecule has 1 heterocycles. The fraction of sp³-hybridized carbons (Fsp3) is 0.429. The summed E-state index contributed by atoms with van der Waals surface area (Å²) < 4.78 is 18.0. The van der Waals surface area contributed by atoms with Gasteiger partial charge in [0.2, 0.25) is 0 Å². The molecule has 138 valence electrons. The SMILES string of the molecule is CCCC[C@@H](NC)C(OB1OCCO1)(c1ccccc1)c1ccccc1. The normalized spacial score (nSPS) is 16.0. The fourth-order valence-electron chi connectivity index (χ4n) is 3.67. The van der Waals surface area contributed by atoms with Crippen LogP contribution in [0, 0.1) is 0 Å². The zero-order chi connectivity index (χ0) is 18.2. The van der Waals surface area contributed by atoms with Crippen molar-refractivity contribution in [2.24, 2.45) is 0 Å². The number of likely N-dealkylation sites (N-methyl/N-ethyl adjacent to an activating group) is 1. The summed E-state index contributed by atoms with van der Waals surface area (Å²) in [6.07, 6.45) is 3.24. The zero-order valence-electron chi connectivity index (χ0n) is 15.7. The van der Waals surface area contributed by atoms with Crippen LogP contribution in [0.15, 0.2) is 60.7 Å². The maximum Gasteiger partial charge on any atom is 0.640 e. The molecule has 1 saturated heterocycles. The highest BCUT2D eigenvalue weighted by Gasteiger charge is 2.47. The molecule has 1 fully saturated rings. The second kappa shape index (κ2) is 9.33. The van der Waals surface area contributed by atoms with Crippen molar-refractivity contribution in [3.63, 3.8) is 0 Å². The van der Waals surface area contributed by atoms with Crippen molar-refractivity contribution in [2.75, 3.05) is 20.3 Å². The summed E-state index contributed by atoms with van der Waals surface area (Å²) in [5.74, 6) is 0. The molecule has 0 bridgehead atoms. The molecule has 4 nitrogen and oxygen atoms in total. The first-order valence-corrected chi connectivity index (χ1v) is 9.50. The number of nitrogens with one attached hydrogen (secondary N) is 1. The van der Waals surface area contributed by atoms with Crippen LogP contribution in [0.3, 0.4) is 0 Å². The van der Waals surface area contributed by atoms with Crippen LogP contribution in [0.1, 0.15) is 37.3 Å². The average Bonchev–Trinajstić information content (AvgIpc) is 3.22. The lowest BCUT2D eigenvalue weighted by Gasteiger charge is -2.42. The van der Waals surface area contributed by atoms with Crippen molar-refractivity contribution >= 4 is 7.32 Å². The van der Waals surface area contributed by atoms with Gasteiger partial charge in [-0.2, -0.15) is 0 Å². The van der Waals surface area contributed by atoms with E-state index in [-0.39, 0.29) is 6.04 Å². The number of hydrogen-bond acceptors (Lipinski definition) is 4. The molecule has 5 heteroatoms. The Balaban J connectivity index is 2.12. The molecule has 0 radical (unpaired) electrons. The van der Waals surface area contributed by atoms with Crippen LogP contribution in [0.25, 0.3) is 0 Å². The molecule has 1 aliphatic rings. The smallest absolute Gasteiger partial charge is 0.384 e. The highest BCUT2D eigenvalue weighted by molar-refractivity contribution is 6.37. The van der Waals surface area contributed by atoms with Crippen molar-refractivity contribution in [3.05, 3.63) is 71.8 Å². The van der Waals surface area contributed by atoms with Crippen LogP contribution in [-0.2, 0) is 19.6 Å². The van der Waals surface area contributed by atoms with Crippen LogP contribution in [0.2, 0.25) is 0 Å². The standard InChI is InChI=1S/C21H28BNO3/c1-3-4-15-20(23-2)21(18-11-7-5-8-12-18,19-13-9-6-10-14-19)26-22-24-16-17-25-22/h5-14,20,23H,3-4,15-17H2,1-2H3/t20-/m1/s1. The molecule has 0 aliphatic carbocycles. The third-order valence-electron chi connectivity index (χ3n) is 4.96. The van der Waals surface area contributed by atoms with Gasteiger partial charge in [-0.05, 0) is 24.6 Å². The van der Waals surface area contributed by atoms with Gasteiger partial charge in [-0.3, -0.25) is 0 Å². The molecule has 0 spiro atoms. The minimum Gasteiger partial charge on any atom is -0.384 e. The Hall–Kier alpha value is -1.66. The first kappa shape index (κ1) is 19.1. The van der Waals surface area contributed by atoms with Gasteiger partial charge < -0.3 is 19.3 Å². The Morgan fingerprint density at radius 1 is 1.00 bits per heavy atom. The molecular formula is C21H28BNO3. The molecule has 3 rings (SSSR count). The van der Waals surface area contributed by atoms with E-state index in [0.717, 1.165) is 30.4 Å². The number of hydrogen-bond donors (Lipinski definition) is 1. The van der Waals surface area contributed by atoms with E-state index < -0.39 is 12.9 Å². The number of unbranched alkanes of at least 4 members (excludes halogenated alkanes) is 1. The summed E-state index contributed by atoms with van der Waals surface area (Å²) in [6, 6.07) is 20.9. The summed E-state index contributed by atoms with van der Waals surface area (Å²) in [6.45, 7) is 3.33. The molecule has 0 amide bonds. The maximum atomic E-state index is 6.61. The molecule has 2 aromatic rings. The summed E-state index contributed by atoms with van der Waals surface area (Å²) in [4.78, 5) is 0. The van der Waals surface area contributed by atoms with Crippen LogP contribution < -0.4 is 5.32 Å². The molecule has 2 aromatic carbocycles. The largest absolute Gasteiger partial charge is 0.640 e. The van der Waals surface area contributed by atoms with Gasteiger partial charge in [0.05, 0.1) is 13.2 Å².